The third-order valence-electron chi connectivity index (χ3n) is 3.94. The van der Waals surface area contributed by atoms with Crippen molar-refractivity contribution in [1.29, 1.82) is 0 Å². The molecule has 138 valence electrons. The molecular weight excluding hydrogens is 344 g/mol. The standard InChI is InChI=1S/C22H20O5/c1-25-19-9-5-6-10-20(19)27-21(22(23)24)15-16-11-13-18(14-12-16)26-17-7-3-2-4-8-17/h2-14,21H,15H2,1H3,(H,23,24). The van der Waals surface area contributed by atoms with E-state index in [1.54, 1.807) is 24.3 Å². The van der Waals surface area contributed by atoms with E-state index in [0.717, 1.165) is 11.3 Å². The average Bonchev–Trinajstić information content (AvgIpc) is 2.70. The van der Waals surface area contributed by atoms with Crippen LogP contribution in [0.4, 0.5) is 0 Å². The minimum absolute atomic E-state index is 0.221. The Morgan fingerprint density at radius 3 is 2.07 bits per heavy atom. The van der Waals surface area contributed by atoms with Gasteiger partial charge in [-0.2, -0.15) is 0 Å². The highest BCUT2D eigenvalue weighted by molar-refractivity contribution is 5.73. The molecule has 0 saturated carbocycles. The highest BCUT2D eigenvalue weighted by atomic mass is 16.5. The Bertz CT molecular complexity index is 875. The van der Waals surface area contributed by atoms with Gasteiger partial charge in [-0.25, -0.2) is 4.79 Å². The number of hydrogen-bond donors (Lipinski definition) is 1. The van der Waals surface area contributed by atoms with Crippen LogP contribution in [-0.2, 0) is 11.2 Å². The molecule has 5 nitrogen and oxygen atoms in total. The first kappa shape index (κ1) is 18.3. The van der Waals surface area contributed by atoms with Crippen LogP contribution < -0.4 is 14.2 Å². The van der Waals surface area contributed by atoms with E-state index in [1.165, 1.54) is 7.11 Å². The van der Waals surface area contributed by atoms with E-state index in [4.69, 9.17) is 14.2 Å². The van der Waals surface area contributed by atoms with Crippen molar-refractivity contribution in [2.75, 3.05) is 7.11 Å². The fourth-order valence-corrected chi connectivity index (χ4v) is 2.58. The molecule has 1 unspecified atom stereocenters. The fraction of sp³-hybridized carbons (Fsp3) is 0.136. The Labute approximate surface area is 157 Å². The predicted octanol–water partition coefficient (Wildman–Crippen LogP) is 4.56. The molecule has 0 aliphatic carbocycles. The Morgan fingerprint density at radius 2 is 1.44 bits per heavy atom. The summed E-state index contributed by atoms with van der Waals surface area (Å²) in [7, 11) is 1.52. The van der Waals surface area contributed by atoms with Gasteiger partial charge in [0.15, 0.2) is 17.6 Å². The highest BCUT2D eigenvalue weighted by Crippen LogP contribution is 2.28. The maximum Gasteiger partial charge on any atom is 0.345 e. The molecule has 0 radical (unpaired) electrons. The predicted molar refractivity (Wildman–Crippen MR) is 102 cm³/mol. The summed E-state index contributed by atoms with van der Waals surface area (Å²) in [4.78, 5) is 11.6. The highest BCUT2D eigenvalue weighted by Gasteiger charge is 2.21. The smallest absolute Gasteiger partial charge is 0.345 e. The summed E-state index contributed by atoms with van der Waals surface area (Å²) < 4.78 is 16.6. The first-order valence-corrected chi connectivity index (χ1v) is 8.50. The van der Waals surface area contributed by atoms with Gasteiger partial charge in [-0.1, -0.05) is 42.5 Å². The molecule has 1 atom stereocenters. The van der Waals surface area contributed by atoms with E-state index in [2.05, 4.69) is 0 Å². The average molecular weight is 364 g/mol. The number of carbonyl (C=O) groups is 1. The summed E-state index contributed by atoms with van der Waals surface area (Å²) in [6, 6.07) is 23.7. The number of para-hydroxylation sites is 3. The number of rotatable bonds is 8. The molecule has 0 bridgehead atoms. The number of ether oxygens (including phenoxy) is 3. The van der Waals surface area contributed by atoms with Crippen LogP contribution >= 0.6 is 0 Å². The molecular formula is C22H20O5. The molecule has 0 amide bonds. The maximum atomic E-state index is 11.6. The van der Waals surface area contributed by atoms with E-state index in [-0.39, 0.29) is 6.42 Å². The van der Waals surface area contributed by atoms with Crippen LogP contribution in [0.1, 0.15) is 5.56 Å². The first-order chi connectivity index (χ1) is 13.2. The van der Waals surface area contributed by atoms with Gasteiger partial charge in [-0.05, 0) is 42.0 Å². The van der Waals surface area contributed by atoms with Crippen molar-refractivity contribution in [2.24, 2.45) is 0 Å². The lowest BCUT2D eigenvalue weighted by atomic mass is 10.1. The quantitative estimate of drug-likeness (QED) is 0.635. The Kier molecular flexibility index (Phi) is 5.94. The van der Waals surface area contributed by atoms with Crippen LogP contribution in [0.3, 0.4) is 0 Å². The number of carboxylic acid groups (broad SMARTS) is 1. The Hall–Kier alpha value is -3.47. The summed E-state index contributed by atoms with van der Waals surface area (Å²) in [5, 5.41) is 9.52. The second kappa shape index (κ2) is 8.76. The number of aliphatic carboxylic acids is 1. The molecule has 0 fully saturated rings. The van der Waals surface area contributed by atoms with Gasteiger partial charge in [0.1, 0.15) is 11.5 Å². The van der Waals surface area contributed by atoms with E-state index in [0.29, 0.717) is 17.2 Å². The lowest BCUT2D eigenvalue weighted by Crippen LogP contribution is -2.29. The van der Waals surface area contributed by atoms with Crippen LogP contribution in [0.5, 0.6) is 23.0 Å². The van der Waals surface area contributed by atoms with Crippen LogP contribution in [0.15, 0.2) is 78.9 Å². The van der Waals surface area contributed by atoms with Crippen LogP contribution in [0, 0.1) is 0 Å². The summed E-state index contributed by atoms with van der Waals surface area (Å²) >= 11 is 0. The summed E-state index contributed by atoms with van der Waals surface area (Å²) in [5.74, 6) is 1.29. The fourth-order valence-electron chi connectivity index (χ4n) is 2.58. The van der Waals surface area contributed by atoms with Crippen molar-refractivity contribution in [3.63, 3.8) is 0 Å². The largest absolute Gasteiger partial charge is 0.493 e. The van der Waals surface area contributed by atoms with Crippen LogP contribution in [0.2, 0.25) is 0 Å². The van der Waals surface area contributed by atoms with Crippen LogP contribution in [-0.4, -0.2) is 24.3 Å². The molecule has 0 aliphatic rings. The SMILES string of the molecule is COc1ccccc1OC(Cc1ccc(Oc2ccccc2)cc1)C(=O)O. The molecule has 0 aliphatic heterocycles. The minimum Gasteiger partial charge on any atom is -0.493 e. The summed E-state index contributed by atoms with van der Waals surface area (Å²) in [5.41, 5.74) is 0.831. The van der Waals surface area contributed by atoms with E-state index < -0.39 is 12.1 Å². The van der Waals surface area contributed by atoms with Gasteiger partial charge in [-0.15, -0.1) is 0 Å². The number of benzene rings is 3. The van der Waals surface area contributed by atoms with Crippen LogP contribution in [0.25, 0.3) is 0 Å². The Morgan fingerprint density at radius 1 is 0.852 bits per heavy atom. The van der Waals surface area contributed by atoms with Crippen molar-refractivity contribution in [3.8, 4) is 23.0 Å². The molecule has 27 heavy (non-hydrogen) atoms. The van der Waals surface area contributed by atoms with Crippen molar-refractivity contribution in [1.82, 2.24) is 0 Å². The van der Waals surface area contributed by atoms with Gasteiger partial charge in [0.25, 0.3) is 0 Å². The van der Waals surface area contributed by atoms with Gasteiger partial charge < -0.3 is 19.3 Å². The third kappa shape index (κ3) is 5.01. The molecule has 3 rings (SSSR count). The minimum atomic E-state index is -1.04. The molecule has 5 heteroatoms. The molecule has 1 N–H and O–H groups in total. The first-order valence-electron chi connectivity index (χ1n) is 8.50. The van der Waals surface area contributed by atoms with Gasteiger partial charge in [0.05, 0.1) is 7.11 Å². The molecule has 0 spiro atoms. The van der Waals surface area contributed by atoms with Gasteiger partial charge in [0.2, 0.25) is 0 Å². The molecule has 0 heterocycles. The molecule has 3 aromatic rings. The van der Waals surface area contributed by atoms with Gasteiger partial charge in [-0.3, -0.25) is 0 Å². The zero-order valence-corrected chi connectivity index (χ0v) is 14.9. The lowest BCUT2D eigenvalue weighted by molar-refractivity contribution is -0.145. The van der Waals surface area contributed by atoms with Crippen molar-refractivity contribution < 1.29 is 24.1 Å². The van der Waals surface area contributed by atoms with Gasteiger partial charge in [0, 0.05) is 6.42 Å². The van der Waals surface area contributed by atoms with Gasteiger partial charge >= 0.3 is 5.97 Å². The zero-order chi connectivity index (χ0) is 19.1. The van der Waals surface area contributed by atoms with Crippen molar-refractivity contribution in [3.05, 3.63) is 84.4 Å². The Balaban J connectivity index is 1.68. The second-order valence-corrected chi connectivity index (χ2v) is 5.86. The number of carboxylic acids is 1. The number of hydrogen-bond acceptors (Lipinski definition) is 4. The number of methoxy groups -OCH3 is 1. The summed E-state index contributed by atoms with van der Waals surface area (Å²) in [6.07, 6.45) is -0.805. The second-order valence-electron chi connectivity index (χ2n) is 5.86. The monoisotopic (exact) mass is 364 g/mol. The third-order valence-corrected chi connectivity index (χ3v) is 3.94. The maximum absolute atomic E-state index is 11.6. The molecule has 0 aromatic heterocycles. The van der Waals surface area contributed by atoms with Crippen molar-refractivity contribution >= 4 is 5.97 Å². The molecule has 3 aromatic carbocycles. The van der Waals surface area contributed by atoms with Crippen molar-refractivity contribution in [2.45, 2.75) is 12.5 Å². The molecule has 0 saturated heterocycles. The van der Waals surface area contributed by atoms with E-state index in [9.17, 15) is 9.90 Å². The zero-order valence-electron chi connectivity index (χ0n) is 14.9. The van der Waals surface area contributed by atoms with E-state index >= 15 is 0 Å². The summed E-state index contributed by atoms with van der Waals surface area (Å²) in [6.45, 7) is 0. The van der Waals surface area contributed by atoms with E-state index in [1.807, 2.05) is 54.6 Å². The normalized spacial score (nSPS) is 11.4. The topological polar surface area (TPSA) is 65.0 Å². The lowest BCUT2D eigenvalue weighted by Gasteiger charge is -2.17.